The fraction of sp³-hybridized carbons (Fsp3) is 1.00. The first-order valence-electron chi connectivity index (χ1n) is 13.7. The van der Waals surface area contributed by atoms with Gasteiger partial charge in [-0.15, -0.1) is 0 Å². The second-order valence-electron chi connectivity index (χ2n) is 12.7. The molecule has 202 valence electrons. The molecule has 2 unspecified atom stereocenters. The van der Waals surface area contributed by atoms with Gasteiger partial charge in [-0.3, -0.25) is 0 Å². The van der Waals surface area contributed by atoms with Crippen LogP contribution in [0.15, 0.2) is 0 Å². The number of nitrogens with zero attached hydrogens (tertiary/aromatic N) is 1. The molecule has 6 atom stereocenters. The molecule has 6 nitrogen and oxygen atoms in total. The van der Waals surface area contributed by atoms with Gasteiger partial charge >= 0.3 is 0 Å². The fourth-order valence-corrected chi connectivity index (χ4v) is 5.49. The van der Waals surface area contributed by atoms with Crippen molar-refractivity contribution in [2.24, 2.45) is 10.8 Å². The molecule has 2 fully saturated rings. The maximum Gasteiger partial charge on any atom is 0.185 e. The van der Waals surface area contributed by atoms with Gasteiger partial charge < -0.3 is 29.5 Å². The van der Waals surface area contributed by atoms with E-state index in [4.69, 9.17) is 14.2 Å². The van der Waals surface area contributed by atoms with Gasteiger partial charge in [-0.25, -0.2) is 0 Å². The van der Waals surface area contributed by atoms with Crippen molar-refractivity contribution in [1.82, 2.24) is 10.2 Å². The Bertz CT molecular complexity index is 607. The molecule has 0 aromatic heterocycles. The molecule has 0 amide bonds. The third kappa shape index (κ3) is 7.17. The molecule has 0 bridgehead atoms. The Balaban J connectivity index is 2.06. The summed E-state index contributed by atoms with van der Waals surface area (Å²) in [5, 5.41) is 14.7. The molecule has 0 saturated carbocycles. The maximum atomic E-state index is 10.9. The van der Waals surface area contributed by atoms with Crippen LogP contribution < -0.4 is 5.32 Å². The molecule has 34 heavy (non-hydrogen) atoms. The van der Waals surface area contributed by atoms with Crippen LogP contribution in [-0.2, 0) is 14.2 Å². The van der Waals surface area contributed by atoms with Crippen molar-refractivity contribution in [1.29, 1.82) is 0 Å². The average Bonchev–Trinajstić information content (AvgIpc) is 2.73. The SMILES string of the molecule is CC1NCCCCC(O[C@@H]2O[C@H](C)C[C@H](N(C)C)[C@H]2O)CCCCOC(C)(C)C(C)(C)C1(C)C. The Morgan fingerprint density at radius 1 is 0.941 bits per heavy atom. The summed E-state index contributed by atoms with van der Waals surface area (Å²) < 4.78 is 19.0. The quantitative estimate of drug-likeness (QED) is 0.589. The molecule has 2 aliphatic heterocycles. The number of hydrogen-bond donors (Lipinski definition) is 2. The third-order valence-corrected chi connectivity index (χ3v) is 9.59. The van der Waals surface area contributed by atoms with E-state index in [1.54, 1.807) is 0 Å². The fourth-order valence-electron chi connectivity index (χ4n) is 5.49. The van der Waals surface area contributed by atoms with Gasteiger partial charge in [0.2, 0.25) is 0 Å². The first-order valence-corrected chi connectivity index (χ1v) is 13.7. The minimum Gasteiger partial charge on any atom is -0.386 e. The molecule has 6 heteroatoms. The summed E-state index contributed by atoms with van der Waals surface area (Å²) in [5.74, 6) is 0. The molecular formula is C28H56N2O4. The standard InChI is InChI=1S/C28H56N2O4/c1-20-19-23(30(9)10)24(31)25(33-20)34-22-15-11-13-17-29-21(2)26(3,4)27(5,6)28(7,8)32-18-14-12-16-22/h20-25,29,31H,11-19H2,1-10H3/t20-,21?,22?,23+,24-,25+/m1/s1. The topological polar surface area (TPSA) is 63.2 Å². The minimum atomic E-state index is -0.626. The summed E-state index contributed by atoms with van der Waals surface area (Å²) in [5.41, 5.74) is -0.178. The largest absolute Gasteiger partial charge is 0.386 e. The van der Waals surface area contributed by atoms with Crippen LogP contribution in [0.5, 0.6) is 0 Å². The number of nitrogens with one attached hydrogen (secondary N) is 1. The Labute approximate surface area is 210 Å². The normalized spacial score (nSPS) is 38.1. The predicted molar refractivity (Wildman–Crippen MR) is 140 cm³/mol. The van der Waals surface area contributed by atoms with Gasteiger partial charge in [0.1, 0.15) is 6.10 Å². The summed E-state index contributed by atoms with van der Waals surface area (Å²) in [4.78, 5) is 2.09. The lowest BCUT2D eigenvalue weighted by atomic mass is 9.57. The average molecular weight is 485 g/mol. The number of rotatable bonds is 3. The highest BCUT2D eigenvalue weighted by Gasteiger charge is 2.51. The summed E-state index contributed by atoms with van der Waals surface area (Å²) in [7, 11) is 4.04. The molecule has 2 N–H and O–H groups in total. The van der Waals surface area contributed by atoms with E-state index < -0.39 is 12.4 Å². The number of aliphatic hydroxyl groups excluding tert-OH is 1. The van der Waals surface area contributed by atoms with Gasteiger partial charge in [-0.1, -0.05) is 27.7 Å². The van der Waals surface area contributed by atoms with Crippen LogP contribution >= 0.6 is 0 Å². The Morgan fingerprint density at radius 3 is 2.18 bits per heavy atom. The second-order valence-corrected chi connectivity index (χ2v) is 12.7. The first-order chi connectivity index (χ1) is 15.7. The van der Waals surface area contributed by atoms with Crippen molar-refractivity contribution in [3.8, 4) is 0 Å². The van der Waals surface area contributed by atoms with Gasteiger partial charge in [-0.05, 0) is 104 Å². The minimum absolute atomic E-state index is 0.00757. The smallest absolute Gasteiger partial charge is 0.185 e. The van der Waals surface area contributed by atoms with Gasteiger partial charge in [0.25, 0.3) is 0 Å². The van der Waals surface area contributed by atoms with Crippen LogP contribution in [0.25, 0.3) is 0 Å². The second kappa shape index (κ2) is 12.3. The van der Waals surface area contributed by atoms with Gasteiger partial charge in [0.15, 0.2) is 6.29 Å². The number of aliphatic hydroxyl groups is 1. The van der Waals surface area contributed by atoms with E-state index in [1.165, 1.54) is 0 Å². The molecule has 0 aromatic rings. The van der Waals surface area contributed by atoms with Gasteiger partial charge in [0, 0.05) is 18.7 Å². The van der Waals surface area contributed by atoms with Crippen LogP contribution in [0.2, 0.25) is 0 Å². The lowest BCUT2D eigenvalue weighted by Gasteiger charge is -2.54. The van der Waals surface area contributed by atoms with E-state index in [9.17, 15) is 5.11 Å². The van der Waals surface area contributed by atoms with Crippen molar-refractivity contribution in [2.45, 2.75) is 143 Å². The van der Waals surface area contributed by atoms with Crippen molar-refractivity contribution in [3.63, 3.8) is 0 Å². The Kier molecular flexibility index (Phi) is 10.9. The van der Waals surface area contributed by atoms with Gasteiger partial charge in [0.05, 0.1) is 17.8 Å². The Morgan fingerprint density at radius 2 is 1.56 bits per heavy atom. The lowest BCUT2D eigenvalue weighted by molar-refractivity contribution is -0.269. The molecule has 0 spiro atoms. The summed E-state index contributed by atoms with van der Waals surface area (Å²) in [6.45, 7) is 20.1. The molecule has 0 aromatic carbocycles. The van der Waals surface area contributed by atoms with Crippen molar-refractivity contribution >= 4 is 0 Å². The number of likely N-dealkylation sites (N-methyl/N-ethyl adjacent to an activating group) is 1. The van der Waals surface area contributed by atoms with Crippen LogP contribution in [0.1, 0.15) is 100 Å². The monoisotopic (exact) mass is 484 g/mol. The molecule has 2 aliphatic rings. The number of ether oxygens (including phenoxy) is 3. The van der Waals surface area contributed by atoms with Crippen LogP contribution in [0.4, 0.5) is 0 Å². The zero-order chi connectivity index (χ0) is 25.7. The lowest BCUT2D eigenvalue weighted by Crippen LogP contribution is -2.57. The van der Waals surface area contributed by atoms with E-state index in [-0.39, 0.29) is 34.7 Å². The molecule has 2 heterocycles. The van der Waals surface area contributed by atoms with Crippen molar-refractivity contribution < 1.29 is 19.3 Å². The van der Waals surface area contributed by atoms with E-state index >= 15 is 0 Å². The predicted octanol–water partition coefficient (Wildman–Crippen LogP) is 4.98. The highest BCUT2D eigenvalue weighted by atomic mass is 16.7. The third-order valence-electron chi connectivity index (χ3n) is 9.59. The highest BCUT2D eigenvalue weighted by Crippen LogP contribution is 2.50. The van der Waals surface area contributed by atoms with E-state index in [2.05, 4.69) is 65.6 Å². The maximum absolute atomic E-state index is 10.9. The van der Waals surface area contributed by atoms with E-state index in [1.807, 2.05) is 14.1 Å². The van der Waals surface area contributed by atoms with Gasteiger partial charge in [-0.2, -0.15) is 0 Å². The zero-order valence-corrected chi connectivity index (χ0v) is 23.9. The highest BCUT2D eigenvalue weighted by molar-refractivity contribution is 5.02. The Hall–Kier alpha value is -0.240. The molecule has 0 radical (unpaired) electrons. The van der Waals surface area contributed by atoms with E-state index in [0.29, 0.717) is 6.04 Å². The summed E-state index contributed by atoms with van der Waals surface area (Å²) >= 11 is 0. The summed E-state index contributed by atoms with van der Waals surface area (Å²) in [6, 6.07) is 0.432. The van der Waals surface area contributed by atoms with Crippen LogP contribution in [0.3, 0.4) is 0 Å². The summed E-state index contributed by atoms with van der Waals surface area (Å²) in [6.07, 6.45) is 6.05. The molecule has 2 saturated heterocycles. The van der Waals surface area contributed by atoms with E-state index in [0.717, 1.165) is 58.1 Å². The first kappa shape index (κ1) is 30.0. The van der Waals surface area contributed by atoms with Crippen LogP contribution in [-0.4, -0.2) is 79.5 Å². The van der Waals surface area contributed by atoms with Crippen LogP contribution in [0, 0.1) is 10.8 Å². The molecule has 0 aliphatic carbocycles. The number of hydrogen-bond acceptors (Lipinski definition) is 6. The molecular weight excluding hydrogens is 428 g/mol. The van der Waals surface area contributed by atoms with Crippen molar-refractivity contribution in [2.75, 3.05) is 27.2 Å². The molecule has 2 rings (SSSR count). The van der Waals surface area contributed by atoms with Crippen molar-refractivity contribution in [3.05, 3.63) is 0 Å². The zero-order valence-electron chi connectivity index (χ0n) is 23.9.